The zero-order valence-corrected chi connectivity index (χ0v) is 12.9. The van der Waals surface area contributed by atoms with E-state index in [1.54, 1.807) is 12.1 Å². The summed E-state index contributed by atoms with van der Waals surface area (Å²) in [5.41, 5.74) is 11.5. The van der Waals surface area contributed by atoms with E-state index in [0.29, 0.717) is 26.4 Å². The molecule has 3 N–H and O–H groups in total. The molecular formula is C14H12Cl3N3. The fraction of sp³-hybridized carbons (Fsp3) is 0.0714. The molecule has 0 unspecified atom stereocenters. The lowest BCUT2D eigenvalue weighted by atomic mass is 10.1. The first-order chi connectivity index (χ1) is 9.47. The van der Waals surface area contributed by atoms with Gasteiger partial charge in [-0.05, 0) is 36.8 Å². The van der Waals surface area contributed by atoms with Crippen LogP contribution >= 0.6 is 34.8 Å². The predicted octanol–water partition coefficient (Wildman–Crippen LogP) is 5.07. The summed E-state index contributed by atoms with van der Waals surface area (Å²) in [6.07, 6.45) is 0. The van der Waals surface area contributed by atoms with Gasteiger partial charge in [0, 0.05) is 10.7 Å². The Balaban J connectivity index is 2.23. The molecule has 2 aromatic carbocycles. The van der Waals surface area contributed by atoms with Gasteiger partial charge in [0.05, 0.1) is 21.4 Å². The number of anilines is 2. The number of nitrogens with two attached hydrogens (primary N) is 1. The fourth-order valence-electron chi connectivity index (χ4n) is 1.58. The summed E-state index contributed by atoms with van der Waals surface area (Å²) >= 11 is 18.0. The van der Waals surface area contributed by atoms with E-state index >= 15 is 0 Å². The third-order valence-corrected chi connectivity index (χ3v) is 3.49. The first-order valence-electron chi connectivity index (χ1n) is 5.78. The Morgan fingerprint density at radius 3 is 2.15 bits per heavy atom. The van der Waals surface area contributed by atoms with Gasteiger partial charge in [-0.15, -0.1) is 0 Å². The topological polar surface area (TPSA) is 50.4 Å². The van der Waals surface area contributed by atoms with Gasteiger partial charge < -0.3 is 5.73 Å². The summed E-state index contributed by atoms with van der Waals surface area (Å²) in [7, 11) is 0. The zero-order chi connectivity index (χ0) is 14.7. The number of halogens is 3. The maximum absolute atomic E-state index is 6.07. The van der Waals surface area contributed by atoms with Crippen LogP contribution in [0.3, 0.4) is 0 Å². The quantitative estimate of drug-likeness (QED) is 0.470. The first kappa shape index (κ1) is 15.0. The Morgan fingerprint density at radius 2 is 1.60 bits per heavy atom. The number of hydrazone groups is 1. The van der Waals surface area contributed by atoms with Crippen LogP contribution in [0.5, 0.6) is 0 Å². The van der Waals surface area contributed by atoms with Crippen LogP contribution in [0.2, 0.25) is 15.1 Å². The summed E-state index contributed by atoms with van der Waals surface area (Å²) in [6.45, 7) is 1.87. The van der Waals surface area contributed by atoms with E-state index < -0.39 is 0 Å². The molecule has 0 heterocycles. The fourth-order valence-corrected chi connectivity index (χ4v) is 2.48. The summed E-state index contributed by atoms with van der Waals surface area (Å²) in [6, 6.07) is 10.6. The number of nitrogens with zero attached hydrogens (tertiary/aromatic N) is 1. The second kappa shape index (κ2) is 6.35. The molecule has 0 aliphatic carbocycles. The van der Waals surface area contributed by atoms with Crippen molar-refractivity contribution in [3.63, 3.8) is 0 Å². The molecule has 0 radical (unpaired) electrons. The second-order valence-electron chi connectivity index (χ2n) is 4.18. The largest absolute Gasteiger partial charge is 0.399 e. The average Bonchev–Trinajstić information content (AvgIpc) is 2.38. The average molecular weight is 329 g/mol. The van der Waals surface area contributed by atoms with Gasteiger partial charge in [0.1, 0.15) is 0 Å². The van der Waals surface area contributed by atoms with E-state index in [0.717, 1.165) is 11.3 Å². The molecule has 2 aromatic rings. The number of hydrogen-bond acceptors (Lipinski definition) is 3. The maximum Gasteiger partial charge on any atom is 0.0935 e. The number of nitrogens with one attached hydrogen (secondary N) is 1. The molecule has 0 spiro atoms. The molecule has 0 amide bonds. The second-order valence-corrected chi connectivity index (χ2v) is 5.43. The molecule has 2 rings (SSSR count). The monoisotopic (exact) mass is 327 g/mol. The van der Waals surface area contributed by atoms with Crippen molar-refractivity contribution in [3.8, 4) is 0 Å². The molecule has 0 bridgehead atoms. The molecule has 0 atom stereocenters. The van der Waals surface area contributed by atoms with Crippen LogP contribution in [0.15, 0.2) is 41.5 Å². The third kappa shape index (κ3) is 3.57. The van der Waals surface area contributed by atoms with E-state index in [-0.39, 0.29) is 0 Å². The molecule has 0 saturated carbocycles. The van der Waals surface area contributed by atoms with Crippen LogP contribution in [0.25, 0.3) is 0 Å². The SMILES string of the molecule is C/C(=N\Nc1c(Cl)cc(Cl)cc1Cl)c1ccc(N)cc1. The molecule has 3 nitrogen and oxygen atoms in total. The van der Waals surface area contributed by atoms with Crippen LogP contribution < -0.4 is 11.2 Å². The normalized spacial score (nSPS) is 11.5. The van der Waals surface area contributed by atoms with Crippen molar-refractivity contribution < 1.29 is 0 Å². The highest BCUT2D eigenvalue weighted by Crippen LogP contribution is 2.33. The van der Waals surface area contributed by atoms with Crippen molar-refractivity contribution in [3.05, 3.63) is 57.0 Å². The van der Waals surface area contributed by atoms with Crippen LogP contribution in [0.4, 0.5) is 11.4 Å². The van der Waals surface area contributed by atoms with E-state index in [4.69, 9.17) is 40.5 Å². The van der Waals surface area contributed by atoms with Gasteiger partial charge in [0.2, 0.25) is 0 Å². The summed E-state index contributed by atoms with van der Waals surface area (Å²) < 4.78 is 0. The Kier molecular flexibility index (Phi) is 4.76. The predicted molar refractivity (Wildman–Crippen MR) is 88.2 cm³/mol. The number of benzene rings is 2. The molecule has 0 aliphatic heterocycles. The third-order valence-electron chi connectivity index (χ3n) is 2.67. The van der Waals surface area contributed by atoms with E-state index in [9.17, 15) is 0 Å². The van der Waals surface area contributed by atoms with Gasteiger partial charge in [0.15, 0.2) is 0 Å². The molecule has 0 aliphatic rings. The molecule has 0 fully saturated rings. The Labute approximate surface area is 132 Å². The Bertz CT molecular complexity index is 628. The van der Waals surface area contributed by atoms with Gasteiger partial charge >= 0.3 is 0 Å². The minimum absolute atomic E-state index is 0.413. The lowest BCUT2D eigenvalue weighted by molar-refractivity contribution is 1.32. The molecule has 0 saturated heterocycles. The maximum atomic E-state index is 6.07. The van der Waals surface area contributed by atoms with Crippen LogP contribution in [0.1, 0.15) is 12.5 Å². The van der Waals surface area contributed by atoms with Gasteiger partial charge in [-0.1, -0.05) is 46.9 Å². The minimum Gasteiger partial charge on any atom is -0.399 e. The van der Waals surface area contributed by atoms with Gasteiger partial charge in [-0.3, -0.25) is 5.43 Å². The lowest BCUT2D eigenvalue weighted by Gasteiger charge is -2.08. The molecule has 6 heteroatoms. The summed E-state index contributed by atoms with van der Waals surface area (Å²) in [5.74, 6) is 0. The van der Waals surface area contributed by atoms with Crippen LogP contribution in [0, 0.1) is 0 Å². The van der Waals surface area contributed by atoms with Gasteiger partial charge in [-0.2, -0.15) is 5.10 Å². The standard InChI is InChI=1S/C14H12Cl3N3/c1-8(9-2-4-11(18)5-3-9)19-20-14-12(16)6-10(15)7-13(14)17/h2-7,20H,18H2,1H3/b19-8+. The highest BCUT2D eigenvalue weighted by molar-refractivity contribution is 6.41. The van der Waals surface area contributed by atoms with Gasteiger partial charge in [0.25, 0.3) is 0 Å². The lowest BCUT2D eigenvalue weighted by Crippen LogP contribution is -2.00. The van der Waals surface area contributed by atoms with Crippen molar-refractivity contribution in [1.29, 1.82) is 0 Å². The van der Waals surface area contributed by atoms with Crippen molar-refractivity contribution in [2.75, 3.05) is 11.2 Å². The Hall–Kier alpha value is -1.42. The van der Waals surface area contributed by atoms with Crippen LogP contribution in [-0.4, -0.2) is 5.71 Å². The summed E-state index contributed by atoms with van der Waals surface area (Å²) in [5, 5.41) is 5.56. The number of rotatable bonds is 3. The van der Waals surface area contributed by atoms with Crippen molar-refractivity contribution in [2.45, 2.75) is 6.92 Å². The molecule has 0 aromatic heterocycles. The minimum atomic E-state index is 0.413. The zero-order valence-electron chi connectivity index (χ0n) is 10.6. The molecule has 20 heavy (non-hydrogen) atoms. The van der Waals surface area contributed by atoms with Crippen LogP contribution in [-0.2, 0) is 0 Å². The van der Waals surface area contributed by atoms with E-state index in [2.05, 4.69) is 10.5 Å². The molecular weight excluding hydrogens is 317 g/mol. The summed E-state index contributed by atoms with van der Waals surface area (Å²) in [4.78, 5) is 0. The van der Waals surface area contributed by atoms with Crippen molar-refractivity contribution in [2.24, 2.45) is 5.10 Å². The van der Waals surface area contributed by atoms with Crippen molar-refractivity contribution >= 4 is 51.9 Å². The highest BCUT2D eigenvalue weighted by atomic mass is 35.5. The molecule has 104 valence electrons. The smallest absolute Gasteiger partial charge is 0.0935 e. The van der Waals surface area contributed by atoms with E-state index in [1.807, 2.05) is 31.2 Å². The highest BCUT2D eigenvalue weighted by Gasteiger charge is 2.07. The van der Waals surface area contributed by atoms with Crippen molar-refractivity contribution in [1.82, 2.24) is 0 Å². The van der Waals surface area contributed by atoms with E-state index in [1.165, 1.54) is 0 Å². The first-order valence-corrected chi connectivity index (χ1v) is 6.91. The number of nitrogen functional groups attached to an aromatic ring is 1. The number of hydrogen-bond donors (Lipinski definition) is 2. The Morgan fingerprint density at radius 1 is 1.05 bits per heavy atom. The van der Waals surface area contributed by atoms with Gasteiger partial charge in [-0.25, -0.2) is 0 Å².